The molecule has 0 aromatic heterocycles. The number of benzene rings is 2. The molecule has 2 rings (SSSR count). The minimum Gasteiger partial charge on any atom is -0.493 e. The van der Waals surface area contributed by atoms with Crippen LogP contribution >= 0.6 is 0 Å². The zero-order valence-electron chi connectivity index (χ0n) is 12.1. The molecule has 21 heavy (non-hydrogen) atoms. The molecule has 0 bridgehead atoms. The molecule has 4 nitrogen and oxygen atoms in total. The lowest BCUT2D eigenvalue weighted by molar-refractivity contribution is 0.265. The highest BCUT2D eigenvalue weighted by Crippen LogP contribution is 2.37. The van der Waals surface area contributed by atoms with Crippen LogP contribution in [0.5, 0.6) is 17.2 Å². The average Bonchev–Trinajstić information content (AvgIpc) is 2.53. The second-order valence-corrected chi connectivity index (χ2v) is 4.40. The molecule has 0 aliphatic rings. The average molecular weight is 291 g/mol. The molecule has 0 heterocycles. The minimum atomic E-state index is -0.311. The van der Waals surface area contributed by atoms with Crippen LogP contribution < -0.4 is 19.9 Å². The van der Waals surface area contributed by atoms with E-state index in [1.54, 1.807) is 32.4 Å². The summed E-state index contributed by atoms with van der Waals surface area (Å²) in [6.07, 6.45) is 0. The summed E-state index contributed by atoms with van der Waals surface area (Å²) in [5.41, 5.74) is 7.17. The van der Waals surface area contributed by atoms with Crippen LogP contribution in [0.15, 0.2) is 36.4 Å². The largest absolute Gasteiger partial charge is 0.493 e. The van der Waals surface area contributed by atoms with E-state index in [1.807, 2.05) is 6.07 Å². The first kappa shape index (κ1) is 15.1. The Morgan fingerprint density at radius 3 is 2.24 bits per heavy atom. The summed E-state index contributed by atoms with van der Waals surface area (Å²) in [5, 5.41) is 0. The molecular formula is C16H18FNO3. The van der Waals surface area contributed by atoms with Gasteiger partial charge in [0.15, 0.2) is 11.5 Å². The molecule has 0 aliphatic carbocycles. The van der Waals surface area contributed by atoms with E-state index < -0.39 is 0 Å². The number of halogens is 1. The maximum Gasteiger partial charge on any atom is 0.203 e. The summed E-state index contributed by atoms with van der Waals surface area (Å²) in [4.78, 5) is 0. The van der Waals surface area contributed by atoms with Crippen molar-refractivity contribution in [2.75, 3.05) is 14.2 Å². The number of hydrogen-bond donors (Lipinski definition) is 1. The molecule has 2 aromatic carbocycles. The smallest absolute Gasteiger partial charge is 0.203 e. The van der Waals surface area contributed by atoms with Gasteiger partial charge in [-0.3, -0.25) is 0 Å². The summed E-state index contributed by atoms with van der Waals surface area (Å²) in [6.45, 7) is 0.503. The first-order valence-electron chi connectivity index (χ1n) is 6.50. The van der Waals surface area contributed by atoms with Crippen molar-refractivity contribution in [1.82, 2.24) is 0 Å². The molecule has 0 saturated carbocycles. The Morgan fingerprint density at radius 1 is 1.00 bits per heavy atom. The SMILES string of the molecule is COc1cccc(OC)c1OCc1ccc(F)cc1CN. The molecule has 5 heteroatoms. The van der Waals surface area contributed by atoms with Gasteiger partial charge in [-0.1, -0.05) is 12.1 Å². The fraction of sp³-hybridized carbons (Fsp3) is 0.250. The first-order valence-corrected chi connectivity index (χ1v) is 6.50. The highest BCUT2D eigenvalue weighted by molar-refractivity contribution is 5.51. The molecule has 0 unspecified atom stereocenters. The molecule has 0 aliphatic heterocycles. The zero-order chi connectivity index (χ0) is 15.2. The summed E-state index contributed by atoms with van der Waals surface area (Å²) < 4.78 is 29.5. The topological polar surface area (TPSA) is 53.7 Å². The third-order valence-electron chi connectivity index (χ3n) is 3.14. The van der Waals surface area contributed by atoms with E-state index in [-0.39, 0.29) is 19.0 Å². The Balaban J connectivity index is 2.24. The van der Waals surface area contributed by atoms with Crippen molar-refractivity contribution in [3.05, 3.63) is 53.3 Å². The van der Waals surface area contributed by atoms with Gasteiger partial charge in [-0.2, -0.15) is 0 Å². The van der Waals surface area contributed by atoms with Crippen molar-refractivity contribution in [3.8, 4) is 17.2 Å². The first-order chi connectivity index (χ1) is 10.2. The molecule has 0 atom stereocenters. The predicted octanol–water partition coefficient (Wildman–Crippen LogP) is 2.88. The van der Waals surface area contributed by atoms with E-state index >= 15 is 0 Å². The van der Waals surface area contributed by atoms with E-state index in [9.17, 15) is 4.39 Å². The number of rotatable bonds is 6. The highest BCUT2D eigenvalue weighted by atomic mass is 19.1. The van der Waals surface area contributed by atoms with Crippen LogP contribution in [0, 0.1) is 5.82 Å². The molecular weight excluding hydrogens is 273 g/mol. The van der Waals surface area contributed by atoms with Gasteiger partial charge in [-0.15, -0.1) is 0 Å². The van der Waals surface area contributed by atoms with Crippen molar-refractivity contribution in [2.24, 2.45) is 5.73 Å². The van der Waals surface area contributed by atoms with E-state index in [2.05, 4.69) is 0 Å². The normalized spacial score (nSPS) is 10.3. The highest BCUT2D eigenvalue weighted by Gasteiger charge is 2.12. The van der Waals surface area contributed by atoms with Gasteiger partial charge in [0.2, 0.25) is 5.75 Å². The Bertz CT molecular complexity index is 594. The molecule has 0 radical (unpaired) electrons. The fourth-order valence-corrected chi connectivity index (χ4v) is 2.03. The van der Waals surface area contributed by atoms with Gasteiger partial charge in [-0.05, 0) is 35.4 Å². The van der Waals surface area contributed by atoms with Crippen molar-refractivity contribution in [2.45, 2.75) is 13.2 Å². The number of para-hydroxylation sites is 1. The molecule has 0 spiro atoms. The fourth-order valence-electron chi connectivity index (χ4n) is 2.03. The summed E-state index contributed by atoms with van der Waals surface area (Å²) in [5.74, 6) is 1.35. The molecule has 112 valence electrons. The Kier molecular flexibility index (Phi) is 5.00. The van der Waals surface area contributed by atoms with Crippen LogP contribution in [0.2, 0.25) is 0 Å². The quantitative estimate of drug-likeness (QED) is 0.889. The number of ether oxygens (including phenoxy) is 3. The molecule has 0 saturated heterocycles. The standard InChI is InChI=1S/C16H18FNO3/c1-19-14-4-3-5-15(20-2)16(14)21-10-11-6-7-13(17)8-12(11)9-18/h3-8H,9-10,18H2,1-2H3. The second kappa shape index (κ2) is 6.95. The van der Waals surface area contributed by atoms with Gasteiger partial charge < -0.3 is 19.9 Å². The lowest BCUT2D eigenvalue weighted by atomic mass is 10.1. The Hall–Kier alpha value is -2.27. The summed E-state index contributed by atoms with van der Waals surface area (Å²) >= 11 is 0. The molecule has 2 aromatic rings. The van der Waals surface area contributed by atoms with Crippen LogP contribution in [0.25, 0.3) is 0 Å². The van der Waals surface area contributed by atoms with Gasteiger partial charge in [0.1, 0.15) is 12.4 Å². The summed E-state index contributed by atoms with van der Waals surface area (Å²) in [6, 6.07) is 9.85. The molecule has 0 amide bonds. The summed E-state index contributed by atoms with van der Waals surface area (Å²) in [7, 11) is 3.12. The van der Waals surface area contributed by atoms with Crippen LogP contribution in [0.3, 0.4) is 0 Å². The van der Waals surface area contributed by atoms with E-state index in [0.717, 1.165) is 5.56 Å². The number of nitrogens with two attached hydrogens (primary N) is 1. The van der Waals surface area contributed by atoms with Crippen LogP contribution in [0.1, 0.15) is 11.1 Å². The maximum atomic E-state index is 13.2. The predicted molar refractivity (Wildman–Crippen MR) is 78.2 cm³/mol. The van der Waals surface area contributed by atoms with Crippen molar-refractivity contribution in [3.63, 3.8) is 0 Å². The van der Waals surface area contributed by atoms with Crippen molar-refractivity contribution < 1.29 is 18.6 Å². The van der Waals surface area contributed by atoms with Crippen LogP contribution in [-0.4, -0.2) is 14.2 Å². The third-order valence-corrected chi connectivity index (χ3v) is 3.14. The van der Waals surface area contributed by atoms with E-state index in [4.69, 9.17) is 19.9 Å². The van der Waals surface area contributed by atoms with Gasteiger partial charge in [0, 0.05) is 6.54 Å². The van der Waals surface area contributed by atoms with Gasteiger partial charge in [0.25, 0.3) is 0 Å². The molecule has 0 fully saturated rings. The van der Waals surface area contributed by atoms with E-state index in [1.165, 1.54) is 12.1 Å². The third kappa shape index (κ3) is 3.44. The Labute approximate surface area is 123 Å². The van der Waals surface area contributed by atoms with Gasteiger partial charge in [-0.25, -0.2) is 4.39 Å². The second-order valence-electron chi connectivity index (χ2n) is 4.40. The number of methoxy groups -OCH3 is 2. The van der Waals surface area contributed by atoms with Gasteiger partial charge >= 0.3 is 0 Å². The Morgan fingerprint density at radius 2 is 1.67 bits per heavy atom. The lowest BCUT2D eigenvalue weighted by Gasteiger charge is -2.15. The van der Waals surface area contributed by atoms with Crippen LogP contribution in [0.4, 0.5) is 4.39 Å². The van der Waals surface area contributed by atoms with Gasteiger partial charge in [0.05, 0.1) is 14.2 Å². The molecule has 2 N–H and O–H groups in total. The lowest BCUT2D eigenvalue weighted by Crippen LogP contribution is -2.06. The number of hydrogen-bond acceptors (Lipinski definition) is 4. The van der Waals surface area contributed by atoms with Crippen molar-refractivity contribution in [1.29, 1.82) is 0 Å². The monoisotopic (exact) mass is 291 g/mol. The van der Waals surface area contributed by atoms with E-state index in [0.29, 0.717) is 22.8 Å². The zero-order valence-corrected chi connectivity index (χ0v) is 12.1. The maximum absolute atomic E-state index is 13.2. The van der Waals surface area contributed by atoms with Crippen molar-refractivity contribution >= 4 is 0 Å². The minimum absolute atomic E-state index is 0.250. The van der Waals surface area contributed by atoms with Crippen LogP contribution in [-0.2, 0) is 13.2 Å².